The summed E-state index contributed by atoms with van der Waals surface area (Å²) in [5.74, 6) is -0.0694. The molecule has 0 heterocycles. The zero-order chi connectivity index (χ0) is 14.5. The first-order valence-electron chi connectivity index (χ1n) is 6.41. The van der Waals surface area contributed by atoms with Crippen LogP contribution >= 0.6 is 11.6 Å². The number of anilines is 2. The van der Waals surface area contributed by atoms with Crippen molar-refractivity contribution in [1.82, 2.24) is 0 Å². The Labute approximate surface area is 124 Å². The minimum Gasteiger partial charge on any atom is -0.381 e. The smallest absolute Gasteiger partial charge is 0.221 e. The van der Waals surface area contributed by atoms with E-state index in [9.17, 15) is 4.79 Å². The zero-order valence-electron chi connectivity index (χ0n) is 11.5. The van der Waals surface area contributed by atoms with Crippen LogP contribution in [-0.4, -0.2) is 5.91 Å². The molecule has 2 N–H and O–H groups in total. The van der Waals surface area contributed by atoms with Gasteiger partial charge >= 0.3 is 0 Å². The largest absolute Gasteiger partial charge is 0.381 e. The van der Waals surface area contributed by atoms with Crippen molar-refractivity contribution in [1.29, 1.82) is 0 Å². The lowest BCUT2D eigenvalue weighted by Gasteiger charge is -2.09. The maximum atomic E-state index is 10.9. The molecule has 104 valence electrons. The highest BCUT2D eigenvalue weighted by Gasteiger charge is 1.99. The number of hydrogen-bond acceptors (Lipinski definition) is 2. The van der Waals surface area contributed by atoms with Gasteiger partial charge in [0.15, 0.2) is 0 Å². The fourth-order valence-corrected chi connectivity index (χ4v) is 2.03. The number of halogens is 1. The summed E-state index contributed by atoms with van der Waals surface area (Å²) in [6.45, 7) is 4.19. The zero-order valence-corrected chi connectivity index (χ0v) is 12.3. The molecule has 0 unspecified atom stereocenters. The van der Waals surface area contributed by atoms with Crippen molar-refractivity contribution in [2.45, 2.75) is 20.4 Å². The van der Waals surface area contributed by atoms with Gasteiger partial charge in [-0.1, -0.05) is 23.7 Å². The molecule has 0 aliphatic heterocycles. The van der Waals surface area contributed by atoms with E-state index in [4.69, 9.17) is 11.6 Å². The van der Waals surface area contributed by atoms with Crippen molar-refractivity contribution in [2.75, 3.05) is 10.6 Å². The van der Waals surface area contributed by atoms with Crippen molar-refractivity contribution < 1.29 is 4.79 Å². The van der Waals surface area contributed by atoms with Crippen LogP contribution in [0.15, 0.2) is 42.5 Å². The first-order chi connectivity index (χ1) is 9.54. The minimum absolute atomic E-state index is 0.0694. The van der Waals surface area contributed by atoms with Crippen LogP contribution in [0.2, 0.25) is 5.02 Å². The highest BCUT2D eigenvalue weighted by Crippen LogP contribution is 2.18. The molecule has 2 rings (SSSR count). The average Bonchev–Trinajstić information content (AvgIpc) is 2.41. The highest BCUT2D eigenvalue weighted by molar-refractivity contribution is 6.31. The summed E-state index contributed by atoms with van der Waals surface area (Å²) in [7, 11) is 0. The molecule has 20 heavy (non-hydrogen) atoms. The predicted octanol–water partition coefficient (Wildman–Crippen LogP) is 4.22. The topological polar surface area (TPSA) is 41.1 Å². The van der Waals surface area contributed by atoms with Gasteiger partial charge in [-0.3, -0.25) is 4.79 Å². The van der Waals surface area contributed by atoms with E-state index < -0.39 is 0 Å². The first kappa shape index (κ1) is 14.4. The van der Waals surface area contributed by atoms with Gasteiger partial charge in [0.05, 0.1) is 0 Å². The summed E-state index contributed by atoms with van der Waals surface area (Å²) in [5, 5.41) is 6.83. The van der Waals surface area contributed by atoms with E-state index in [2.05, 4.69) is 16.7 Å². The number of nitrogens with one attached hydrogen (secondary N) is 2. The fourth-order valence-electron chi connectivity index (χ4n) is 1.83. The molecular weight excluding hydrogens is 272 g/mol. The Morgan fingerprint density at radius 2 is 1.75 bits per heavy atom. The number of amides is 1. The standard InChI is InChI=1S/C16H17ClN2O/c1-11-3-4-13(9-16(11)17)10-18-14-5-7-15(8-6-14)19-12(2)20/h3-9,18H,10H2,1-2H3,(H,19,20). The van der Waals surface area contributed by atoms with Gasteiger partial charge in [-0.15, -0.1) is 0 Å². The molecule has 2 aromatic carbocycles. The van der Waals surface area contributed by atoms with Crippen molar-refractivity contribution in [3.8, 4) is 0 Å². The Bertz CT molecular complexity index is 608. The normalized spacial score (nSPS) is 10.2. The van der Waals surface area contributed by atoms with E-state index in [1.54, 1.807) is 0 Å². The second-order valence-corrected chi connectivity index (χ2v) is 5.10. The van der Waals surface area contributed by atoms with Gasteiger partial charge in [0.2, 0.25) is 5.91 Å². The Morgan fingerprint density at radius 1 is 1.10 bits per heavy atom. The lowest BCUT2D eigenvalue weighted by atomic mass is 10.1. The number of hydrogen-bond donors (Lipinski definition) is 2. The number of carbonyl (C=O) groups is 1. The molecule has 0 fully saturated rings. The lowest BCUT2D eigenvalue weighted by molar-refractivity contribution is -0.114. The van der Waals surface area contributed by atoms with Gasteiger partial charge in [-0.05, 0) is 48.4 Å². The first-order valence-corrected chi connectivity index (χ1v) is 6.79. The Hall–Kier alpha value is -2.00. The molecule has 0 aliphatic carbocycles. The second kappa shape index (κ2) is 6.44. The Balaban J connectivity index is 1.96. The summed E-state index contributed by atoms with van der Waals surface area (Å²) < 4.78 is 0. The molecule has 0 aromatic heterocycles. The molecule has 0 saturated carbocycles. The fraction of sp³-hybridized carbons (Fsp3) is 0.188. The van der Waals surface area contributed by atoms with Gasteiger partial charge in [-0.2, -0.15) is 0 Å². The van der Waals surface area contributed by atoms with E-state index >= 15 is 0 Å². The van der Waals surface area contributed by atoms with Gasteiger partial charge in [-0.25, -0.2) is 0 Å². The van der Waals surface area contributed by atoms with Crippen LogP contribution in [0.1, 0.15) is 18.1 Å². The van der Waals surface area contributed by atoms with Crippen LogP contribution in [0.4, 0.5) is 11.4 Å². The van der Waals surface area contributed by atoms with Crippen LogP contribution in [0.5, 0.6) is 0 Å². The SMILES string of the molecule is CC(=O)Nc1ccc(NCc2ccc(C)c(Cl)c2)cc1. The summed E-state index contributed by atoms with van der Waals surface area (Å²) in [4.78, 5) is 10.9. The van der Waals surface area contributed by atoms with Crippen LogP contribution in [0, 0.1) is 6.92 Å². The molecule has 0 radical (unpaired) electrons. The van der Waals surface area contributed by atoms with Gasteiger partial charge in [0, 0.05) is 29.9 Å². The number of benzene rings is 2. The average molecular weight is 289 g/mol. The predicted molar refractivity (Wildman–Crippen MR) is 84.3 cm³/mol. The van der Waals surface area contributed by atoms with Crippen molar-refractivity contribution in [3.63, 3.8) is 0 Å². The number of aryl methyl sites for hydroxylation is 1. The minimum atomic E-state index is -0.0694. The van der Waals surface area contributed by atoms with Gasteiger partial charge in [0.1, 0.15) is 0 Å². The summed E-state index contributed by atoms with van der Waals surface area (Å²) >= 11 is 6.10. The van der Waals surface area contributed by atoms with Crippen LogP contribution in [0.3, 0.4) is 0 Å². The van der Waals surface area contributed by atoms with E-state index in [1.807, 2.05) is 43.3 Å². The Kier molecular flexibility index (Phi) is 4.64. The molecule has 0 atom stereocenters. The van der Waals surface area contributed by atoms with E-state index in [1.165, 1.54) is 6.92 Å². The van der Waals surface area contributed by atoms with Crippen molar-refractivity contribution in [2.24, 2.45) is 0 Å². The third kappa shape index (κ3) is 4.00. The molecule has 1 amide bonds. The number of rotatable bonds is 4. The lowest BCUT2D eigenvalue weighted by Crippen LogP contribution is -2.05. The number of carbonyl (C=O) groups excluding carboxylic acids is 1. The molecule has 2 aromatic rings. The highest BCUT2D eigenvalue weighted by atomic mass is 35.5. The van der Waals surface area contributed by atoms with Crippen LogP contribution < -0.4 is 10.6 Å². The second-order valence-electron chi connectivity index (χ2n) is 4.70. The molecular formula is C16H17ClN2O. The van der Waals surface area contributed by atoms with Gasteiger partial charge < -0.3 is 10.6 Å². The third-order valence-electron chi connectivity index (χ3n) is 2.94. The van der Waals surface area contributed by atoms with Crippen LogP contribution in [-0.2, 0) is 11.3 Å². The third-order valence-corrected chi connectivity index (χ3v) is 3.35. The summed E-state index contributed by atoms with van der Waals surface area (Å²) in [6, 6.07) is 13.6. The summed E-state index contributed by atoms with van der Waals surface area (Å²) in [5.41, 5.74) is 4.00. The molecule has 0 saturated heterocycles. The molecule has 0 spiro atoms. The van der Waals surface area contributed by atoms with E-state index in [-0.39, 0.29) is 5.91 Å². The monoisotopic (exact) mass is 288 g/mol. The molecule has 0 bridgehead atoms. The quantitative estimate of drug-likeness (QED) is 0.884. The maximum absolute atomic E-state index is 10.9. The van der Waals surface area contributed by atoms with Crippen LogP contribution in [0.25, 0.3) is 0 Å². The molecule has 0 aliphatic rings. The van der Waals surface area contributed by atoms with E-state index in [0.717, 1.165) is 27.5 Å². The van der Waals surface area contributed by atoms with Crippen molar-refractivity contribution >= 4 is 28.9 Å². The molecule has 3 nitrogen and oxygen atoms in total. The molecule has 4 heteroatoms. The summed E-state index contributed by atoms with van der Waals surface area (Å²) in [6.07, 6.45) is 0. The van der Waals surface area contributed by atoms with Gasteiger partial charge in [0.25, 0.3) is 0 Å². The Morgan fingerprint density at radius 3 is 2.35 bits per heavy atom. The maximum Gasteiger partial charge on any atom is 0.221 e. The van der Waals surface area contributed by atoms with Crippen molar-refractivity contribution in [3.05, 3.63) is 58.6 Å². The van der Waals surface area contributed by atoms with E-state index in [0.29, 0.717) is 6.54 Å².